The van der Waals surface area contributed by atoms with Crippen LogP contribution >= 0.6 is 11.8 Å². The third kappa shape index (κ3) is 5.74. The fourth-order valence-electron chi connectivity index (χ4n) is 2.76. The fraction of sp³-hybridized carbons (Fsp3) is 0.238. The zero-order valence-electron chi connectivity index (χ0n) is 16.3. The number of carbonyl (C=O) groups is 1. The summed E-state index contributed by atoms with van der Waals surface area (Å²) in [6, 6.07) is 13.8. The van der Waals surface area contributed by atoms with E-state index in [1.165, 1.54) is 23.9 Å². The van der Waals surface area contributed by atoms with Crippen LogP contribution in [0.2, 0.25) is 0 Å². The molecule has 0 aliphatic rings. The van der Waals surface area contributed by atoms with E-state index in [0.29, 0.717) is 30.1 Å². The lowest BCUT2D eigenvalue weighted by atomic mass is 10.2. The molecule has 8 heteroatoms. The van der Waals surface area contributed by atoms with E-state index in [2.05, 4.69) is 21.1 Å². The molecule has 3 N–H and O–H groups in total. The molecule has 0 unspecified atom stereocenters. The van der Waals surface area contributed by atoms with Crippen molar-refractivity contribution in [2.75, 3.05) is 30.8 Å². The monoisotopic (exact) mass is 414 g/mol. The van der Waals surface area contributed by atoms with Crippen molar-refractivity contribution in [3.05, 3.63) is 71.4 Å². The van der Waals surface area contributed by atoms with Crippen LogP contribution in [-0.2, 0) is 5.75 Å². The van der Waals surface area contributed by atoms with E-state index in [1.807, 2.05) is 31.2 Å². The first-order valence-corrected chi connectivity index (χ1v) is 10.2. The molecule has 1 aromatic heterocycles. The van der Waals surface area contributed by atoms with Gasteiger partial charge in [-0.2, -0.15) is 0 Å². The Balaban J connectivity index is 1.53. The summed E-state index contributed by atoms with van der Waals surface area (Å²) in [6.45, 7) is 2.82. The molecule has 0 saturated carbocycles. The van der Waals surface area contributed by atoms with Gasteiger partial charge in [0.1, 0.15) is 11.6 Å². The summed E-state index contributed by atoms with van der Waals surface area (Å²) in [7, 11) is 1.73. The third-order valence-corrected chi connectivity index (χ3v) is 5.25. The Labute approximate surface area is 173 Å². The number of amides is 1. The molecule has 152 valence electrons. The molecule has 0 aliphatic heterocycles. The predicted octanol–water partition coefficient (Wildman–Crippen LogP) is 4.30. The van der Waals surface area contributed by atoms with E-state index in [4.69, 9.17) is 4.52 Å². The first-order chi connectivity index (χ1) is 14.1. The van der Waals surface area contributed by atoms with Gasteiger partial charge in [0, 0.05) is 31.1 Å². The maximum Gasteiger partial charge on any atom is 0.252 e. The van der Waals surface area contributed by atoms with Crippen molar-refractivity contribution in [2.45, 2.75) is 17.6 Å². The van der Waals surface area contributed by atoms with Crippen molar-refractivity contribution in [3.8, 4) is 0 Å². The minimum Gasteiger partial charge on any atom is -0.386 e. The number of carbonyl (C=O) groups excluding carboxylic acids is 1. The molecule has 3 aromatic rings. The molecule has 1 amide bonds. The summed E-state index contributed by atoms with van der Waals surface area (Å²) in [5.74, 6) is 0.926. The number of hydrogen-bond acceptors (Lipinski definition) is 6. The lowest BCUT2D eigenvalue weighted by Gasteiger charge is -2.13. The van der Waals surface area contributed by atoms with Gasteiger partial charge in [-0.3, -0.25) is 4.79 Å². The highest BCUT2D eigenvalue weighted by atomic mass is 32.2. The summed E-state index contributed by atoms with van der Waals surface area (Å²) >= 11 is 1.53. The number of benzene rings is 2. The Morgan fingerprint density at radius 3 is 2.72 bits per heavy atom. The smallest absolute Gasteiger partial charge is 0.252 e. The van der Waals surface area contributed by atoms with Gasteiger partial charge in [-0.25, -0.2) is 4.39 Å². The number of aryl methyl sites for hydroxylation is 1. The molecule has 0 aliphatic carbocycles. The number of halogens is 1. The van der Waals surface area contributed by atoms with Crippen molar-refractivity contribution in [1.82, 2.24) is 10.5 Å². The molecule has 0 saturated heterocycles. The Morgan fingerprint density at radius 1 is 1.14 bits per heavy atom. The number of thioether (sulfide) groups is 1. The quantitative estimate of drug-likeness (QED) is 0.358. The molecule has 0 fully saturated rings. The minimum absolute atomic E-state index is 0.142. The summed E-state index contributed by atoms with van der Waals surface area (Å²) in [5, 5.41) is 12.9. The highest BCUT2D eigenvalue weighted by Gasteiger charge is 2.12. The van der Waals surface area contributed by atoms with Crippen LogP contribution in [0.25, 0.3) is 0 Å². The molecule has 3 rings (SSSR count). The van der Waals surface area contributed by atoms with Crippen LogP contribution in [0.3, 0.4) is 0 Å². The largest absolute Gasteiger partial charge is 0.386 e. The second kappa shape index (κ2) is 9.97. The Bertz CT molecular complexity index is 977. The van der Waals surface area contributed by atoms with Gasteiger partial charge in [0.25, 0.3) is 5.91 Å². The number of nitrogens with one attached hydrogen (secondary N) is 3. The van der Waals surface area contributed by atoms with Gasteiger partial charge in [-0.15, -0.1) is 11.8 Å². The van der Waals surface area contributed by atoms with E-state index in [0.717, 1.165) is 22.0 Å². The van der Waals surface area contributed by atoms with Crippen LogP contribution < -0.4 is 16.0 Å². The molecule has 0 spiro atoms. The molecule has 29 heavy (non-hydrogen) atoms. The van der Waals surface area contributed by atoms with E-state index < -0.39 is 0 Å². The molecule has 0 radical (unpaired) electrons. The molecule has 0 atom stereocenters. The van der Waals surface area contributed by atoms with E-state index in [9.17, 15) is 9.18 Å². The molecule has 1 heterocycles. The molecule has 2 aromatic carbocycles. The van der Waals surface area contributed by atoms with Crippen LogP contribution in [-0.4, -0.2) is 31.2 Å². The van der Waals surface area contributed by atoms with Crippen molar-refractivity contribution < 1.29 is 13.7 Å². The highest BCUT2D eigenvalue weighted by molar-refractivity contribution is 7.98. The second-order valence-electron chi connectivity index (χ2n) is 6.34. The minimum atomic E-state index is -0.303. The van der Waals surface area contributed by atoms with Gasteiger partial charge in [-0.05, 0) is 37.3 Å². The first-order valence-electron chi connectivity index (χ1n) is 9.20. The van der Waals surface area contributed by atoms with E-state index in [1.54, 1.807) is 19.2 Å². The number of nitrogens with zero attached hydrogens (tertiary/aromatic N) is 1. The van der Waals surface area contributed by atoms with Crippen LogP contribution in [0.5, 0.6) is 0 Å². The van der Waals surface area contributed by atoms with Crippen LogP contribution in [0, 0.1) is 12.7 Å². The lowest BCUT2D eigenvalue weighted by Crippen LogP contribution is -2.29. The average molecular weight is 415 g/mol. The number of aromatic nitrogens is 1. The predicted molar refractivity (Wildman–Crippen MR) is 114 cm³/mol. The van der Waals surface area contributed by atoms with E-state index >= 15 is 0 Å². The Morgan fingerprint density at radius 2 is 1.97 bits per heavy atom. The van der Waals surface area contributed by atoms with Crippen LogP contribution in [0.4, 0.5) is 15.8 Å². The van der Waals surface area contributed by atoms with Crippen molar-refractivity contribution >= 4 is 29.0 Å². The molecular weight excluding hydrogens is 391 g/mol. The SMILES string of the molecule is CNc1cc(F)ccc1NCCNC(=O)c1ccccc1SCc1cc(C)no1. The normalized spacial score (nSPS) is 10.6. The van der Waals surface area contributed by atoms with Gasteiger partial charge in [0.15, 0.2) is 0 Å². The molecular formula is C21H23FN4O2S. The standard InChI is InChI=1S/C21H23FN4O2S/c1-14-11-16(28-26-14)13-29-20-6-4-3-5-17(20)21(27)25-10-9-24-18-8-7-15(22)12-19(18)23-2/h3-8,11-12,23-24H,9-10,13H2,1-2H3,(H,25,27). The Hall–Kier alpha value is -3.00. The second-order valence-corrected chi connectivity index (χ2v) is 7.36. The number of hydrogen-bond donors (Lipinski definition) is 3. The highest BCUT2D eigenvalue weighted by Crippen LogP contribution is 2.26. The first kappa shape index (κ1) is 20.7. The zero-order chi connectivity index (χ0) is 20.6. The third-order valence-electron chi connectivity index (χ3n) is 4.16. The zero-order valence-corrected chi connectivity index (χ0v) is 17.1. The van der Waals surface area contributed by atoms with Crippen molar-refractivity contribution in [1.29, 1.82) is 0 Å². The van der Waals surface area contributed by atoms with Gasteiger partial charge >= 0.3 is 0 Å². The van der Waals surface area contributed by atoms with Crippen LogP contribution in [0.15, 0.2) is 57.9 Å². The number of rotatable bonds is 9. The van der Waals surface area contributed by atoms with Gasteiger partial charge in [0.05, 0.1) is 28.4 Å². The van der Waals surface area contributed by atoms with Crippen molar-refractivity contribution in [2.24, 2.45) is 0 Å². The summed E-state index contributed by atoms with van der Waals surface area (Å²) in [6.07, 6.45) is 0. The van der Waals surface area contributed by atoms with Gasteiger partial charge in [-0.1, -0.05) is 17.3 Å². The summed E-state index contributed by atoms with van der Waals surface area (Å²) in [5.41, 5.74) is 2.90. The molecule has 0 bridgehead atoms. The maximum atomic E-state index is 13.3. The van der Waals surface area contributed by atoms with Crippen LogP contribution in [0.1, 0.15) is 21.8 Å². The van der Waals surface area contributed by atoms with Crippen molar-refractivity contribution in [3.63, 3.8) is 0 Å². The summed E-state index contributed by atoms with van der Waals surface area (Å²) in [4.78, 5) is 13.5. The maximum absolute atomic E-state index is 13.3. The Kier molecular flexibility index (Phi) is 7.13. The lowest BCUT2D eigenvalue weighted by molar-refractivity contribution is 0.0952. The van der Waals surface area contributed by atoms with Gasteiger partial charge < -0.3 is 20.5 Å². The number of anilines is 2. The molecule has 6 nitrogen and oxygen atoms in total. The fourth-order valence-corrected chi connectivity index (χ4v) is 3.68. The van der Waals surface area contributed by atoms with E-state index in [-0.39, 0.29) is 11.7 Å². The van der Waals surface area contributed by atoms with Gasteiger partial charge in [0.2, 0.25) is 0 Å². The topological polar surface area (TPSA) is 79.2 Å². The average Bonchev–Trinajstić information content (AvgIpc) is 3.15. The summed E-state index contributed by atoms with van der Waals surface area (Å²) < 4.78 is 18.5.